The Morgan fingerprint density at radius 1 is 1.62 bits per heavy atom. The van der Waals surface area contributed by atoms with Gasteiger partial charge >= 0.3 is 0 Å². The van der Waals surface area contributed by atoms with Crippen molar-refractivity contribution in [2.75, 3.05) is 0 Å². The second-order valence-electron chi connectivity index (χ2n) is 2.12. The van der Waals surface area contributed by atoms with Crippen LogP contribution in [0.1, 0.15) is 33.1 Å². The van der Waals surface area contributed by atoms with E-state index < -0.39 is 0 Å². The van der Waals surface area contributed by atoms with Crippen LogP contribution in [0.3, 0.4) is 0 Å². The minimum Gasteiger partial charge on any atom is -0.376 e. The molecule has 1 radical (unpaired) electrons. The van der Waals surface area contributed by atoms with Gasteiger partial charge in [-0.2, -0.15) is 0 Å². The van der Waals surface area contributed by atoms with Crippen molar-refractivity contribution >= 4 is 0 Å². The summed E-state index contributed by atoms with van der Waals surface area (Å²) in [7, 11) is 3.34. The Hall–Kier alpha value is -0.0400. The van der Waals surface area contributed by atoms with Gasteiger partial charge in [-0.25, -0.2) is 0 Å². The largest absolute Gasteiger partial charge is 0.376 e. The van der Waals surface area contributed by atoms with E-state index in [2.05, 4.69) is 14.0 Å². The average Bonchev–Trinajstić information content (AvgIpc) is 1.83. The van der Waals surface area contributed by atoms with Gasteiger partial charge in [0.1, 0.15) is 0 Å². The van der Waals surface area contributed by atoms with Crippen molar-refractivity contribution in [1.82, 2.24) is 0 Å². The van der Waals surface area contributed by atoms with E-state index in [1.54, 1.807) is 0 Å². The predicted molar refractivity (Wildman–Crippen MR) is 35.4 cm³/mol. The molecule has 8 heavy (non-hydrogen) atoms. The second kappa shape index (κ2) is 5.10. The molecule has 1 atom stereocenters. The molecule has 0 saturated heterocycles. The van der Waals surface area contributed by atoms with Crippen LogP contribution in [0.15, 0.2) is 0 Å². The van der Waals surface area contributed by atoms with Gasteiger partial charge in [0.05, 0.1) is 13.2 Å². The summed E-state index contributed by atoms with van der Waals surface area (Å²) in [5, 5.41) is 0. The zero-order chi connectivity index (χ0) is 6.41. The SMILES string of the molecule is [CH2]OC(C)CCCC. The van der Waals surface area contributed by atoms with E-state index in [-0.39, 0.29) is 0 Å². The molecule has 0 aromatic carbocycles. The van der Waals surface area contributed by atoms with Gasteiger partial charge in [-0.05, 0) is 13.3 Å². The molecule has 0 aromatic heterocycles. The van der Waals surface area contributed by atoms with E-state index in [1.807, 2.05) is 6.92 Å². The van der Waals surface area contributed by atoms with Crippen molar-refractivity contribution in [3.8, 4) is 0 Å². The molecule has 0 fully saturated rings. The maximum atomic E-state index is 4.80. The molecule has 0 aromatic rings. The minimum atomic E-state index is 0.343. The third-order valence-corrected chi connectivity index (χ3v) is 1.25. The first kappa shape index (κ1) is 7.96. The van der Waals surface area contributed by atoms with E-state index in [4.69, 9.17) is 4.74 Å². The third-order valence-electron chi connectivity index (χ3n) is 1.25. The second-order valence-corrected chi connectivity index (χ2v) is 2.12. The zero-order valence-electron chi connectivity index (χ0n) is 5.81. The molecule has 1 unspecified atom stereocenters. The topological polar surface area (TPSA) is 9.23 Å². The molecule has 0 aliphatic heterocycles. The standard InChI is InChI=1S/C7H15O/c1-4-5-6-7(2)8-3/h7H,3-6H2,1-2H3. The monoisotopic (exact) mass is 115 g/mol. The van der Waals surface area contributed by atoms with Crippen molar-refractivity contribution in [3.63, 3.8) is 0 Å². The number of hydrogen-bond acceptors (Lipinski definition) is 1. The van der Waals surface area contributed by atoms with Crippen molar-refractivity contribution < 1.29 is 4.74 Å². The summed E-state index contributed by atoms with van der Waals surface area (Å²) in [6, 6.07) is 0. The van der Waals surface area contributed by atoms with Gasteiger partial charge in [0, 0.05) is 0 Å². The van der Waals surface area contributed by atoms with Crippen LogP contribution in [-0.2, 0) is 4.74 Å². The number of unbranched alkanes of at least 4 members (excludes halogenated alkanes) is 1. The molecule has 0 amide bonds. The Bertz CT molecular complexity index is 43.7. The first-order valence-electron chi connectivity index (χ1n) is 3.22. The molecule has 1 heteroatoms. The van der Waals surface area contributed by atoms with Crippen molar-refractivity contribution in [1.29, 1.82) is 0 Å². The molecule has 0 aliphatic rings. The van der Waals surface area contributed by atoms with E-state index >= 15 is 0 Å². The molecule has 49 valence electrons. The summed E-state index contributed by atoms with van der Waals surface area (Å²) in [5.74, 6) is 0. The predicted octanol–water partition coefficient (Wildman–Crippen LogP) is 2.37. The highest BCUT2D eigenvalue weighted by Gasteiger charge is 1.95. The maximum absolute atomic E-state index is 4.80. The summed E-state index contributed by atoms with van der Waals surface area (Å²) in [4.78, 5) is 0. The lowest BCUT2D eigenvalue weighted by molar-refractivity contribution is 0.144. The summed E-state index contributed by atoms with van der Waals surface area (Å²) in [6.07, 6.45) is 3.97. The van der Waals surface area contributed by atoms with E-state index in [0.717, 1.165) is 6.42 Å². The van der Waals surface area contributed by atoms with E-state index in [9.17, 15) is 0 Å². The summed E-state index contributed by atoms with van der Waals surface area (Å²) in [6.45, 7) is 4.22. The minimum absolute atomic E-state index is 0.343. The van der Waals surface area contributed by atoms with Crippen LogP contribution in [0.25, 0.3) is 0 Å². The lowest BCUT2D eigenvalue weighted by Gasteiger charge is -2.05. The first-order valence-corrected chi connectivity index (χ1v) is 3.22. The molecule has 0 bridgehead atoms. The van der Waals surface area contributed by atoms with Gasteiger partial charge in [-0.15, -0.1) is 0 Å². The van der Waals surface area contributed by atoms with Gasteiger partial charge in [-0.3, -0.25) is 0 Å². The average molecular weight is 115 g/mol. The fraction of sp³-hybridized carbons (Fsp3) is 0.857. The highest BCUT2D eigenvalue weighted by Crippen LogP contribution is 2.01. The van der Waals surface area contributed by atoms with E-state index in [1.165, 1.54) is 12.8 Å². The normalized spacial score (nSPS) is 13.9. The molecule has 0 saturated carbocycles. The van der Waals surface area contributed by atoms with Crippen LogP contribution in [0, 0.1) is 7.11 Å². The van der Waals surface area contributed by atoms with Crippen LogP contribution in [0.2, 0.25) is 0 Å². The van der Waals surface area contributed by atoms with Gasteiger partial charge in [0.25, 0.3) is 0 Å². The Kier molecular flexibility index (Phi) is 5.08. The molecular formula is C7H15O. The highest BCUT2D eigenvalue weighted by atomic mass is 16.5. The van der Waals surface area contributed by atoms with Crippen molar-refractivity contribution in [2.45, 2.75) is 39.2 Å². The van der Waals surface area contributed by atoms with Gasteiger partial charge in [0.2, 0.25) is 0 Å². The smallest absolute Gasteiger partial charge is 0.0704 e. The van der Waals surface area contributed by atoms with Crippen LogP contribution < -0.4 is 0 Å². The lowest BCUT2D eigenvalue weighted by atomic mass is 10.2. The number of rotatable bonds is 4. The maximum Gasteiger partial charge on any atom is 0.0704 e. The molecule has 1 nitrogen and oxygen atoms in total. The number of hydrogen-bond donors (Lipinski definition) is 0. The van der Waals surface area contributed by atoms with Crippen LogP contribution in [-0.4, -0.2) is 6.10 Å². The van der Waals surface area contributed by atoms with Crippen LogP contribution in [0.5, 0.6) is 0 Å². The van der Waals surface area contributed by atoms with Crippen molar-refractivity contribution in [2.24, 2.45) is 0 Å². The van der Waals surface area contributed by atoms with Crippen LogP contribution in [0.4, 0.5) is 0 Å². The lowest BCUT2D eigenvalue weighted by Crippen LogP contribution is -2.01. The molecule has 0 spiro atoms. The first-order chi connectivity index (χ1) is 3.81. The van der Waals surface area contributed by atoms with Gasteiger partial charge < -0.3 is 4.74 Å². The fourth-order valence-corrected chi connectivity index (χ4v) is 0.575. The Labute approximate surface area is 52.0 Å². The van der Waals surface area contributed by atoms with Crippen molar-refractivity contribution in [3.05, 3.63) is 7.11 Å². The molecule has 0 heterocycles. The van der Waals surface area contributed by atoms with E-state index in [0.29, 0.717) is 6.10 Å². The Morgan fingerprint density at radius 3 is 2.62 bits per heavy atom. The quantitative estimate of drug-likeness (QED) is 0.546. The summed E-state index contributed by atoms with van der Waals surface area (Å²) >= 11 is 0. The van der Waals surface area contributed by atoms with Crippen LogP contribution >= 0.6 is 0 Å². The molecule has 0 rings (SSSR count). The van der Waals surface area contributed by atoms with Gasteiger partial charge in [-0.1, -0.05) is 19.8 Å². The zero-order valence-corrected chi connectivity index (χ0v) is 5.81. The molecule has 0 aliphatic carbocycles. The summed E-state index contributed by atoms with van der Waals surface area (Å²) < 4.78 is 4.80. The Morgan fingerprint density at radius 2 is 2.25 bits per heavy atom. The molecular weight excluding hydrogens is 100 g/mol. The van der Waals surface area contributed by atoms with Gasteiger partial charge in [0.15, 0.2) is 0 Å². The highest BCUT2D eigenvalue weighted by molar-refractivity contribution is 4.47. The number of ether oxygens (including phenoxy) is 1. The fourth-order valence-electron chi connectivity index (χ4n) is 0.575. The Balaban J connectivity index is 2.86. The summed E-state index contributed by atoms with van der Waals surface area (Å²) in [5.41, 5.74) is 0. The third kappa shape index (κ3) is 4.13. The molecule has 0 N–H and O–H groups in total.